The predicted octanol–water partition coefficient (Wildman–Crippen LogP) is 2.24. The Hall–Kier alpha value is -5.18. The van der Waals surface area contributed by atoms with Crippen molar-refractivity contribution in [1.82, 2.24) is 29.9 Å². The van der Waals surface area contributed by atoms with Crippen LogP contribution in [0.5, 0.6) is 24.0 Å². The van der Waals surface area contributed by atoms with Gasteiger partial charge in [0.15, 0.2) is 0 Å². The van der Waals surface area contributed by atoms with E-state index in [0.29, 0.717) is 0 Å². The summed E-state index contributed by atoms with van der Waals surface area (Å²) in [5.74, 6) is -0.0855. The monoisotopic (exact) mass is 648 g/mol. The molecule has 20 heteroatoms. The van der Waals surface area contributed by atoms with Crippen molar-refractivity contribution in [3.63, 3.8) is 0 Å². The van der Waals surface area contributed by atoms with E-state index in [-0.39, 0.29) is 58.4 Å². The minimum atomic E-state index is -4.78. The summed E-state index contributed by atoms with van der Waals surface area (Å²) in [4.78, 5) is 22.7. The van der Waals surface area contributed by atoms with Crippen LogP contribution < -0.4 is 29.6 Å². The highest BCUT2D eigenvalue weighted by molar-refractivity contribution is 7.86. The fourth-order valence-electron chi connectivity index (χ4n) is 3.54. The summed E-state index contributed by atoms with van der Waals surface area (Å²) in [6.45, 7) is 0. The Morgan fingerprint density at radius 1 is 0.568 bits per heavy atom. The molecule has 0 spiro atoms. The number of methoxy groups -OCH3 is 4. The molecule has 4 aromatic rings. The lowest BCUT2D eigenvalue weighted by Gasteiger charge is -2.11. The Balaban J connectivity index is 1.68. The molecule has 0 aliphatic heterocycles. The summed E-state index contributed by atoms with van der Waals surface area (Å²) in [5.41, 5.74) is 0.282. The summed E-state index contributed by atoms with van der Waals surface area (Å²) in [6, 6.07) is 7.49. The van der Waals surface area contributed by atoms with Crippen molar-refractivity contribution in [3.8, 4) is 24.0 Å². The molecule has 0 aliphatic carbocycles. The van der Waals surface area contributed by atoms with Crippen LogP contribution in [0, 0.1) is 0 Å². The lowest BCUT2D eigenvalue weighted by Crippen LogP contribution is -2.06. The molecule has 0 unspecified atom stereocenters. The van der Waals surface area contributed by atoms with E-state index in [1.165, 1.54) is 64.9 Å². The molecule has 232 valence electrons. The number of aromatic nitrogens is 6. The second kappa shape index (κ2) is 13.0. The third kappa shape index (κ3) is 7.80. The van der Waals surface area contributed by atoms with Gasteiger partial charge in [-0.2, -0.15) is 36.8 Å². The second-order valence-corrected chi connectivity index (χ2v) is 11.1. The molecule has 0 bridgehead atoms. The zero-order valence-corrected chi connectivity index (χ0v) is 24.9. The van der Waals surface area contributed by atoms with Crippen LogP contribution in [0.2, 0.25) is 0 Å². The molecular formula is C24H24N8O10S2. The second-order valence-electron chi connectivity index (χ2n) is 8.30. The Labute approximate surface area is 250 Å². The number of nitrogens with zero attached hydrogens (tertiary/aromatic N) is 6. The van der Waals surface area contributed by atoms with E-state index in [1.807, 2.05) is 0 Å². The van der Waals surface area contributed by atoms with Gasteiger partial charge in [-0.05, 0) is 35.4 Å². The van der Waals surface area contributed by atoms with Crippen LogP contribution in [0.4, 0.5) is 23.3 Å². The standard InChI is InChI=1S/C24H24N8O10S2/c1-39-21-27-19(28-22(31-21)40-2)25-15-9-7-13(17(11-15)43(33,34)35)5-6-14-8-10-16(12-18(14)44(36,37)38)26-20-29-23(41-3)32-24(30-20)42-4/h5-12H,1-4H3,(H,33,34,35)(H,36,37,38)(H,25,27,28,31)(H,26,29,30,32)/b6-5+. The predicted molar refractivity (Wildman–Crippen MR) is 154 cm³/mol. The number of anilines is 4. The Morgan fingerprint density at radius 2 is 0.886 bits per heavy atom. The fraction of sp³-hybridized carbons (Fsp3) is 0.167. The normalized spacial score (nSPS) is 11.7. The van der Waals surface area contributed by atoms with E-state index in [1.54, 1.807) is 0 Å². The summed E-state index contributed by atoms with van der Waals surface area (Å²) in [7, 11) is -4.24. The molecule has 2 aromatic heterocycles. The van der Waals surface area contributed by atoms with Gasteiger partial charge in [0.25, 0.3) is 20.2 Å². The van der Waals surface area contributed by atoms with Crippen LogP contribution in [-0.2, 0) is 20.2 Å². The number of ether oxygens (including phenoxy) is 4. The third-order valence-corrected chi connectivity index (χ3v) is 7.28. The summed E-state index contributed by atoms with van der Waals surface area (Å²) in [6.07, 6.45) is 2.47. The van der Waals surface area contributed by atoms with Gasteiger partial charge in [-0.15, -0.1) is 9.97 Å². The molecule has 0 saturated heterocycles. The van der Waals surface area contributed by atoms with Gasteiger partial charge in [-0.3, -0.25) is 9.11 Å². The zero-order valence-electron chi connectivity index (χ0n) is 23.3. The zero-order chi connectivity index (χ0) is 32.1. The van der Waals surface area contributed by atoms with E-state index in [0.717, 1.165) is 12.1 Å². The molecule has 18 nitrogen and oxygen atoms in total. The van der Waals surface area contributed by atoms with Crippen LogP contribution >= 0.6 is 0 Å². The van der Waals surface area contributed by atoms with Crippen molar-refractivity contribution in [1.29, 1.82) is 0 Å². The average Bonchev–Trinajstić information content (AvgIpc) is 2.99. The van der Waals surface area contributed by atoms with Crippen LogP contribution in [-0.4, -0.2) is 84.3 Å². The van der Waals surface area contributed by atoms with E-state index in [9.17, 15) is 25.9 Å². The smallest absolute Gasteiger partial charge is 0.324 e. The lowest BCUT2D eigenvalue weighted by atomic mass is 10.1. The highest BCUT2D eigenvalue weighted by Gasteiger charge is 2.19. The van der Waals surface area contributed by atoms with Crippen LogP contribution in [0.3, 0.4) is 0 Å². The summed E-state index contributed by atoms with van der Waals surface area (Å²) in [5, 5.41) is 5.53. The van der Waals surface area contributed by atoms with Crippen molar-refractivity contribution in [2.24, 2.45) is 0 Å². The number of benzene rings is 2. The van der Waals surface area contributed by atoms with Crippen LogP contribution in [0.1, 0.15) is 11.1 Å². The van der Waals surface area contributed by atoms with Gasteiger partial charge in [0, 0.05) is 11.4 Å². The van der Waals surface area contributed by atoms with Crippen LogP contribution in [0.15, 0.2) is 46.2 Å². The summed E-state index contributed by atoms with van der Waals surface area (Å²) >= 11 is 0. The fourth-order valence-corrected chi connectivity index (χ4v) is 4.96. The molecule has 0 fully saturated rings. The van der Waals surface area contributed by atoms with Gasteiger partial charge < -0.3 is 29.6 Å². The first-order valence-corrected chi connectivity index (χ1v) is 14.8. The minimum Gasteiger partial charge on any atom is -0.467 e. The van der Waals surface area contributed by atoms with E-state index < -0.39 is 30.0 Å². The molecule has 0 radical (unpaired) electrons. The van der Waals surface area contributed by atoms with Crippen molar-refractivity contribution in [3.05, 3.63) is 47.5 Å². The lowest BCUT2D eigenvalue weighted by molar-refractivity contribution is 0.341. The molecule has 44 heavy (non-hydrogen) atoms. The maximum Gasteiger partial charge on any atom is 0.324 e. The quantitative estimate of drug-likeness (QED) is 0.127. The molecule has 4 N–H and O–H groups in total. The van der Waals surface area contributed by atoms with Crippen molar-refractivity contribution >= 4 is 55.7 Å². The summed E-state index contributed by atoms with van der Waals surface area (Å²) < 4.78 is 88.7. The Kier molecular flexibility index (Phi) is 9.37. The number of rotatable bonds is 12. The molecule has 2 aromatic carbocycles. The first-order chi connectivity index (χ1) is 20.8. The molecule has 0 amide bonds. The van der Waals surface area contributed by atoms with Crippen molar-refractivity contribution < 1.29 is 44.9 Å². The Bertz CT molecular complexity index is 1760. The van der Waals surface area contributed by atoms with Gasteiger partial charge in [0.2, 0.25) is 11.9 Å². The van der Waals surface area contributed by atoms with Gasteiger partial charge in [-0.25, -0.2) is 0 Å². The Morgan fingerprint density at radius 3 is 1.16 bits per heavy atom. The van der Waals surface area contributed by atoms with E-state index >= 15 is 0 Å². The maximum absolute atomic E-state index is 12.2. The average molecular weight is 649 g/mol. The number of nitrogens with one attached hydrogen (secondary N) is 2. The molecule has 0 atom stereocenters. The first kappa shape index (κ1) is 31.7. The van der Waals surface area contributed by atoms with Gasteiger partial charge >= 0.3 is 24.0 Å². The molecule has 2 heterocycles. The highest BCUT2D eigenvalue weighted by atomic mass is 32.2. The van der Waals surface area contributed by atoms with Crippen molar-refractivity contribution in [2.75, 3.05) is 39.1 Å². The molecule has 0 saturated carbocycles. The van der Waals surface area contributed by atoms with E-state index in [2.05, 4.69) is 40.5 Å². The largest absolute Gasteiger partial charge is 0.467 e. The molecule has 4 rings (SSSR count). The molecular weight excluding hydrogens is 624 g/mol. The van der Waals surface area contributed by atoms with Crippen LogP contribution in [0.25, 0.3) is 12.2 Å². The van der Waals surface area contributed by atoms with E-state index in [4.69, 9.17) is 18.9 Å². The third-order valence-electron chi connectivity index (χ3n) is 5.46. The maximum atomic E-state index is 12.2. The van der Waals surface area contributed by atoms with Gasteiger partial charge in [-0.1, -0.05) is 24.3 Å². The first-order valence-electron chi connectivity index (χ1n) is 12.0. The van der Waals surface area contributed by atoms with Gasteiger partial charge in [0.05, 0.1) is 28.4 Å². The topological polar surface area (TPSA) is 247 Å². The minimum absolute atomic E-state index is 0.0169. The van der Waals surface area contributed by atoms with Crippen molar-refractivity contribution in [2.45, 2.75) is 9.79 Å². The number of hydrogen-bond acceptors (Lipinski definition) is 16. The SMILES string of the molecule is COc1nc(Nc2ccc(/C=C/c3ccc(Nc4nc(OC)nc(OC)n4)cc3S(=O)(=O)O)c(S(=O)(=O)O)c2)nc(OC)n1. The number of hydrogen-bond donors (Lipinski definition) is 4. The molecule has 0 aliphatic rings. The highest BCUT2D eigenvalue weighted by Crippen LogP contribution is 2.28. The van der Waals surface area contributed by atoms with Gasteiger partial charge in [0.1, 0.15) is 9.79 Å².